The first-order chi connectivity index (χ1) is 4.77. The Hall–Kier alpha value is 0.270. The zero-order chi connectivity index (χ0) is 7.56. The summed E-state index contributed by atoms with van der Waals surface area (Å²) in [6.45, 7) is 0.0275. The lowest BCUT2D eigenvalue weighted by Crippen LogP contribution is -2.32. The molecule has 1 aliphatic rings. The molecule has 1 aliphatic heterocycles. The second-order valence-electron chi connectivity index (χ2n) is 2.40. The standard InChI is InChI=1S/C5H13N2O2P/c6-5-1-3(7-10)4(2-8)9-5/h3-5,7-8H,1-2,6,10H2/t3?,4-,5-/m1/s1. The third kappa shape index (κ3) is 1.65. The molecule has 1 rings (SSSR count). The van der Waals surface area contributed by atoms with Crippen LogP contribution < -0.4 is 10.8 Å². The molecular formula is C5H13N2O2P. The van der Waals surface area contributed by atoms with Crippen LogP contribution in [-0.2, 0) is 4.74 Å². The highest BCUT2D eigenvalue weighted by atomic mass is 31.0. The lowest BCUT2D eigenvalue weighted by molar-refractivity contribution is 0.00969. The van der Waals surface area contributed by atoms with Crippen molar-refractivity contribution in [3.8, 4) is 0 Å². The van der Waals surface area contributed by atoms with Crippen LogP contribution in [0.2, 0.25) is 0 Å². The van der Waals surface area contributed by atoms with Gasteiger partial charge in [0, 0.05) is 12.5 Å². The van der Waals surface area contributed by atoms with E-state index in [2.05, 4.69) is 14.5 Å². The monoisotopic (exact) mass is 164 g/mol. The van der Waals surface area contributed by atoms with Crippen molar-refractivity contribution in [1.29, 1.82) is 0 Å². The first kappa shape index (κ1) is 8.37. The average Bonchev–Trinajstić information content (AvgIpc) is 2.30. The molecule has 0 spiro atoms. The Balaban J connectivity index is 2.41. The number of aliphatic hydroxyl groups excluding tert-OH is 1. The molecule has 4 nitrogen and oxygen atoms in total. The van der Waals surface area contributed by atoms with E-state index in [1.165, 1.54) is 0 Å². The second kappa shape index (κ2) is 3.60. The number of hydrogen-bond donors (Lipinski definition) is 3. The predicted octanol–water partition coefficient (Wildman–Crippen LogP) is -1.20. The molecule has 0 amide bonds. The van der Waals surface area contributed by atoms with Gasteiger partial charge in [0.1, 0.15) is 6.23 Å². The highest BCUT2D eigenvalue weighted by Gasteiger charge is 2.31. The topological polar surface area (TPSA) is 67.5 Å². The molecule has 5 heteroatoms. The van der Waals surface area contributed by atoms with Gasteiger partial charge in [-0.1, -0.05) is 9.39 Å². The Bertz CT molecular complexity index is 102. The summed E-state index contributed by atoms with van der Waals surface area (Å²) in [7, 11) is 2.40. The second-order valence-corrected chi connectivity index (χ2v) is 2.74. The van der Waals surface area contributed by atoms with Crippen LogP contribution in [0, 0.1) is 0 Å². The van der Waals surface area contributed by atoms with Crippen LogP contribution in [0.5, 0.6) is 0 Å². The Morgan fingerprint density at radius 3 is 2.90 bits per heavy atom. The summed E-state index contributed by atoms with van der Waals surface area (Å²) in [6, 6.07) is 0.171. The maximum absolute atomic E-state index is 8.76. The van der Waals surface area contributed by atoms with Crippen LogP contribution in [-0.4, -0.2) is 30.1 Å². The van der Waals surface area contributed by atoms with Gasteiger partial charge in [-0.2, -0.15) is 0 Å². The molecule has 0 aromatic heterocycles. The minimum Gasteiger partial charge on any atom is -0.394 e. The number of nitrogens with two attached hydrogens (primary N) is 1. The van der Waals surface area contributed by atoms with Crippen molar-refractivity contribution in [3.63, 3.8) is 0 Å². The quantitative estimate of drug-likeness (QED) is 0.448. The Morgan fingerprint density at radius 1 is 1.80 bits per heavy atom. The van der Waals surface area contributed by atoms with Crippen molar-refractivity contribution < 1.29 is 9.84 Å². The lowest BCUT2D eigenvalue weighted by Gasteiger charge is -2.13. The van der Waals surface area contributed by atoms with Crippen molar-refractivity contribution in [3.05, 3.63) is 0 Å². The van der Waals surface area contributed by atoms with Gasteiger partial charge in [-0.3, -0.25) is 5.09 Å². The van der Waals surface area contributed by atoms with E-state index < -0.39 is 0 Å². The van der Waals surface area contributed by atoms with Crippen LogP contribution >= 0.6 is 9.39 Å². The zero-order valence-electron chi connectivity index (χ0n) is 5.66. The Kier molecular flexibility index (Phi) is 3.01. The van der Waals surface area contributed by atoms with E-state index >= 15 is 0 Å². The van der Waals surface area contributed by atoms with Gasteiger partial charge >= 0.3 is 0 Å². The lowest BCUT2D eigenvalue weighted by atomic mass is 10.1. The summed E-state index contributed by atoms with van der Waals surface area (Å²) < 4.78 is 5.17. The van der Waals surface area contributed by atoms with Gasteiger partial charge in [0.15, 0.2) is 0 Å². The van der Waals surface area contributed by atoms with Gasteiger partial charge in [0.05, 0.1) is 12.7 Å². The number of ether oxygens (including phenoxy) is 1. The molecule has 0 saturated carbocycles. The summed E-state index contributed by atoms with van der Waals surface area (Å²) in [4.78, 5) is 0. The predicted molar refractivity (Wildman–Crippen MR) is 41.2 cm³/mol. The average molecular weight is 164 g/mol. The van der Waals surface area contributed by atoms with E-state index in [-0.39, 0.29) is 25.0 Å². The molecule has 0 aliphatic carbocycles. The summed E-state index contributed by atoms with van der Waals surface area (Å²) in [6.07, 6.45) is 0.386. The van der Waals surface area contributed by atoms with Crippen LogP contribution in [0.15, 0.2) is 0 Å². The molecule has 0 bridgehead atoms. The van der Waals surface area contributed by atoms with Gasteiger partial charge < -0.3 is 15.6 Å². The molecule has 0 radical (unpaired) electrons. The molecule has 0 aromatic carbocycles. The zero-order valence-corrected chi connectivity index (χ0v) is 6.81. The number of hydrogen-bond acceptors (Lipinski definition) is 4. The van der Waals surface area contributed by atoms with E-state index in [4.69, 9.17) is 15.6 Å². The largest absolute Gasteiger partial charge is 0.394 e. The fraction of sp³-hybridized carbons (Fsp3) is 1.00. The third-order valence-electron chi connectivity index (χ3n) is 1.68. The molecule has 10 heavy (non-hydrogen) atoms. The van der Waals surface area contributed by atoms with Gasteiger partial charge in [-0.25, -0.2) is 0 Å². The number of nitrogens with one attached hydrogen (secondary N) is 1. The molecular weight excluding hydrogens is 151 g/mol. The van der Waals surface area contributed by atoms with E-state index in [9.17, 15) is 0 Å². The minimum absolute atomic E-state index is 0.0275. The maximum atomic E-state index is 8.76. The van der Waals surface area contributed by atoms with Gasteiger partial charge in [0.2, 0.25) is 0 Å². The van der Waals surface area contributed by atoms with Gasteiger partial charge in [0.25, 0.3) is 0 Å². The molecule has 2 unspecified atom stereocenters. The fourth-order valence-corrected chi connectivity index (χ4v) is 1.47. The molecule has 4 atom stereocenters. The van der Waals surface area contributed by atoms with Crippen LogP contribution in [0.1, 0.15) is 6.42 Å². The van der Waals surface area contributed by atoms with Gasteiger partial charge in [-0.15, -0.1) is 0 Å². The molecule has 1 heterocycles. The van der Waals surface area contributed by atoms with Crippen LogP contribution in [0.25, 0.3) is 0 Å². The van der Waals surface area contributed by atoms with Crippen molar-refractivity contribution >= 4 is 9.39 Å². The maximum Gasteiger partial charge on any atom is 0.107 e. The van der Waals surface area contributed by atoms with E-state index in [1.54, 1.807) is 0 Å². The highest BCUT2D eigenvalue weighted by Crippen LogP contribution is 2.17. The van der Waals surface area contributed by atoms with Crippen molar-refractivity contribution in [2.45, 2.75) is 24.8 Å². The number of aliphatic hydroxyl groups is 1. The van der Waals surface area contributed by atoms with E-state index in [1.807, 2.05) is 0 Å². The Morgan fingerprint density at radius 2 is 2.50 bits per heavy atom. The minimum atomic E-state index is -0.227. The molecule has 1 saturated heterocycles. The summed E-state index contributed by atoms with van der Waals surface area (Å²) in [5.41, 5.74) is 5.48. The molecule has 1 fully saturated rings. The van der Waals surface area contributed by atoms with E-state index in [0.717, 1.165) is 6.42 Å². The fourth-order valence-electron chi connectivity index (χ4n) is 1.12. The third-order valence-corrected chi connectivity index (χ3v) is 2.11. The SMILES string of the molecule is N[C@H]1CC(NP)[C@@H](CO)O1. The van der Waals surface area contributed by atoms with Crippen LogP contribution in [0.3, 0.4) is 0 Å². The van der Waals surface area contributed by atoms with Gasteiger partial charge in [-0.05, 0) is 0 Å². The highest BCUT2D eigenvalue weighted by molar-refractivity contribution is 7.13. The first-order valence-electron chi connectivity index (χ1n) is 3.26. The first-order valence-corrected chi connectivity index (χ1v) is 3.83. The van der Waals surface area contributed by atoms with Crippen molar-refractivity contribution in [1.82, 2.24) is 5.09 Å². The normalized spacial score (nSPS) is 40.5. The summed E-state index contributed by atoms with van der Waals surface area (Å²) in [5.74, 6) is 0. The summed E-state index contributed by atoms with van der Waals surface area (Å²) >= 11 is 0. The smallest absolute Gasteiger partial charge is 0.107 e. The summed E-state index contributed by atoms with van der Waals surface area (Å²) in [5, 5.41) is 11.7. The molecule has 4 N–H and O–H groups in total. The van der Waals surface area contributed by atoms with Crippen molar-refractivity contribution in [2.24, 2.45) is 5.73 Å². The number of rotatable bonds is 2. The molecule has 60 valence electrons. The van der Waals surface area contributed by atoms with E-state index in [0.29, 0.717) is 0 Å². The Labute approximate surface area is 62.4 Å². The van der Waals surface area contributed by atoms with Crippen LogP contribution in [0.4, 0.5) is 0 Å². The molecule has 0 aromatic rings. The van der Waals surface area contributed by atoms with Crippen molar-refractivity contribution in [2.75, 3.05) is 6.61 Å².